The van der Waals surface area contributed by atoms with Crippen molar-refractivity contribution < 1.29 is 22.8 Å². The van der Waals surface area contributed by atoms with Crippen molar-refractivity contribution in [1.29, 1.82) is 0 Å². The van der Waals surface area contributed by atoms with Gasteiger partial charge in [-0.1, -0.05) is 5.11 Å². The van der Waals surface area contributed by atoms with E-state index in [2.05, 4.69) is 20.7 Å². The Kier molecular flexibility index (Phi) is 12.5. The summed E-state index contributed by atoms with van der Waals surface area (Å²) in [4.78, 5) is 14.1. The lowest BCUT2D eigenvalue weighted by atomic mass is 10.5. The lowest BCUT2D eigenvalue weighted by Crippen LogP contribution is -2.44. The smallest absolute Gasteiger partial charge is 0.379 e. The fourth-order valence-electron chi connectivity index (χ4n) is 1.61. The van der Waals surface area contributed by atoms with Crippen LogP contribution in [0, 0.1) is 0 Å². The summed E-state index contributed by atoms with van der Waals surface area (Å²) in [5.41, 5.74) is 8.06. The Morgan fingerprint density at radius 1 is 1.14 bits per heavy atom. The SMILES string of the molecule is CO[Si](CCCNC(=O)NCCOCCN=[N+]=[N-])(OC)OC. The highest BCUT2D eigenvalue weighted by molar-refractivity contribution is 6.60. The van der Waals surface area contributed by atoms with Gasteiger partial charge in [-0.25, -0.2) is 4.79 Å². The molecule has 0 saturated carbocycles. The van der Waals surface area contributed by atoms with E-state index in [-0.39, 0.29) is 12.6 Å². The summed E-state index contributed by atoms with van der Waals surface area (Å²) in [6.45, 7) is 1.86. The minimum absolute atomic E-state index is 0.266. The highest BCUT2D eigenvalue weighted by Gasteiger charge is 2.36. The molecule has 0 aromatic heterocycles. The Morgan fingerprint density at radius 2 is 1.77 bits per heavy atom. The number of nitrogens with zero attached hydrogens (tertiary/aromatic N) is 3. The molecular weight excluding hydrogens is 310 g/mol. The fourth-order valence-corrected chi connectivity index (χ4v) is 3.34. The van der Waals surface area contributed by atoms with Gasteiger partial charge in [-0.05, 0) is 12.0 Å². The van der Waals surface area contributed by atoms with Crippen LogP contribution in [0.5, 0.6) is 0 Å². The first-order valence-electron chi connectivity index (χ1n) is 6.90. The summed E-state index contributed by atoms with van der Waals surface area (Å²) < 4.78 is 21.0. The van der Waals surface area contributed by atoms with Crippen molar-refractivity contribution in [3.8, 4) is 0 Å². The van der Waals surface area contributed by atoms with Gasteiger partial charge in [-0.15, -0.1) is 0 Å². The zero-order chi connectivity index (χ0) is 16.7. The zero-order valence-corrected chi connectivity index (χ0v) is 14.3. The molecule has 0 aromatic rings. The Balaban J connectivity index is 3.59. The van der Waals surface area contributed by atoms with E-state index < -0.39 is 8.80 Å². The summed E-state index contributed by atoms with van der Waals surface area (Å²) in [6, 6.07) is 0.359. The van der Waals surface area contributed by atoms with Crippen LogP contribution in [0.1, 0.15) is 6.42 Å². The molecule has 0 rings (SSSR count). The summed E-state index contributed by atoms with van der Waals surface area (Å²) in [7, 11) is 2.11. The second-order valence-corrected chi connectivity index (χ2v) is 7.24. The lowest BCUT2D eigenvalue weighted by molar-refractivity contribution is 0.123. The average Bonchev–Trinajstić information content (AvgIpc) is 2.55. The van der Waals surface area contributed by atoms with Gasteiger partial charge in [0.1, 0.15) is 0 Å². The first kappa shape index (κ1) is 20.6. The Morgan fingerprint density at radius 3 is 2.36 bits per heavy atom. The maximum Gasteiger partial charge on any atom is 0.500 e. The molecule has 0 radical (unpaired) electrons. The van der Waals surface area contributed by atoms with Gasteiger partial charge in [0, 0.05) is 51.9 Å². The number of amides is 2. The molecule has 22 heavy (non-hydrogen) atoms. The van der Waals surface area contributed by atoms with Crippen LogP contribution in [-0.2, 0) is 18.0 Å². The van der Waals surface area contributed by atoms with Crippen LogP contribution < -0.4 is 10.6 Å². The molecule has 0 aliphatic carbocycles. The molecular formula is C11H25N5O5Si. The largest absolute Gasteiger partial charge is 0.500 e. The number of nitrogens with one attached hydrogen (secondary N) is 2. The summed E-state index contributed by atoms with van der Waals surface area (Å²) in [6.07, 6.45) is 0.692. The van der Waals surface area contributed by atoms with Gasteiger partial charge in [-0.3, -0.25) is 0 Å². The molecule has 0 unspecified atom stereocenters. The standard InChI is InChI=1S/C11H25N5O5Si/c1-18-22(19-2,20-3)10-4-5-13-11(17)14-6-8-21-9-7-15-16-12/h4-10H2,1-3H3,(H2,13,14,17). The number of ether oxygens (including phenoxy) is 1. The molecule has 0 saturated heterocycles. The number of carbonyl (C=O) groups is 1. The van der Waals surface area contributed by atoms with Crippen molar-refractivity contribution in [2.24, 2.45) is 5.11 Å². The maximum absolute atomic E-state index is 11.5. The number of hydrogen-bond donors (Lipinski definition) is 2. The summed E-state index contributed by atoms with van der Waals surface area (Å²) in [5.74, 6) is 0. The van der Waals surface area contributed by atoms with Crippen LogP contribution in [0.25, 0.3) is 10.4 Å². The van der Waals surface area contributed by atoms with Gasteiger partial charge in [0.15, 0.2) is 0 Å². The molecule has 0 aromatic carbocycles. The lowest BCUT2D eigenvalue weighted by Gasteiger charge is -2.24. The molecule has 11 heteroatoms. The molecule has 0 atom stereocenters. The topological polar surface area (TPSA) is 127 Å². The predicted octanol–water partition coefficient (Wildman–Crippen LogP) is 0.881. The van der Waals surface area contributed by atoms with Gasteiger partial charge < -0.3 is 28.6 Å². The van der Waals surface area contributed by atoms with Crippen molar-refractivity contribution in [2.45, 2.75) is 12.5 Å². The minimum Gasteiger partial charge on any atom is -0.379 e. The van der Waals surface area contributed by atoms with Crippen LogP contribution in [-0.4, -0.2) is 69.0 Å². The number of urea groups is 1. The average molecular weight is 335 g/mol. The number of azide groups is 1. The van der Waals surface area contributed by atoms with E-state index >= 15 is 0 Å². The molecule has 0 fully saturated rings. The molecule has 2 amide bonds. The normalized spacial score (nSPS) is 10.9. The Labute approximate surface area is 131 Å². The Bertz CT molecular complexity index is 341. The number of carbonyl (C=O) groups excluding carboxylic acids is 1. The second-order valence-electron chi connectivity index (χ2n) is 4.15. The first-order valence-corrected chi connectivity index (χ1v) is 8.83. The van der Waals surface area contributed by atoms with Crippen LogP contribution >= 0.6 is 0 Å². The third-order valence-electron chi connectivity index (χ3n) is 2.81. The van der Waals surface area contributed by atoms with Crippen molar-refractivity contribution in [3.63, 3.8) is 0 Å². The van der Waals surface area contributed by atoms with Crippen LogP contribution in [0.3, 0.4) is 0 Å². The van der Waals surface area contributed by atoms with E-state index in [0.717, 1.165) is 0 Å². The molecule has 0 spiro atoms. The molecule has 2 N–H and O–H groups in total. The van der Waals surface area contributed by atoms with E-state index in [1.807, 2.05) is 0 Å². The molecule has 0 bridgehead atoms. The molecule has 10 nitrogen and oxygen atoms in total. The minimum atomic E-state index is -2.56. The van der Waals surface area contributed by atoms with E-state index in [9.17, 15) is 4.79 Å². The second kappa shape index (κ2) is 13.3. The zero-order valence-electron chi connectivity index (χ0n) is 13.3. The quantitative estimate of drug-likeness (QED) is 0.170. The molecule has 128 valence electrons. The number of hydrogen-bond acceptors (Lipinski definition) is 6. The number of rotatable bonds is 13. The van der Waals surface area contributed by atoms with Gasteiger partial charge in [0.25, 0.3) is 0 Å². The van der Waals surface area contributed by atoms with Crippen molar-refractivity contribution >= 4 is 14.8 Å². The van der Waals surface area contributed by atoms with E-state index in [4.69, 9.17) is 23.5 Å². The van der Waals surface area contributed by atoms with Gasteiger partial charge in [0.05, 0.1) is 13.2 Å². The van der Waals surface area contributed by atoms with Gasteiger partial charge in [0.2, 0.25) is 0 Å². The van der Waals surface area contributed by atoms with Crippen molar-refractivity contribution in [3.05, 3.63) is 10.4 Å². The summed E-state index contributed by atoms with van der Waals surface area (Å²) >= 11 is 0. The van der Waals surface area contributed by atoms with E-state index in [1.165, 1.54) is 0 Å². The molecule has 0 aliphatic rings. The highest BCUT2D eigenvalue weighted by atomic mass is 28.4. The van der Waals surface area contributed by atoms with Crippen molar-refractivity contribution in [2.75, 3.05) is 54.2 Å². The Hall–Kier alpha value is -1.36. The molecule has 0 aliphatic heterocycles. The third-order valence-corrected chi connectivity index (χ3v) is 5.64. The van der Waals surface area contributed by atoms with Gasteiger partial charge in [-0.2, -0.15) is 0 Å². The summed E-state index contributed by atoms with van der Waals surface area (Å²) in [5, 5.41) is 8.70. The van der Waals surface area contributed by atoms with E-state index in [1.54, 1.807) is 21.3 Å². The van der Waals surface area contributed by atoms with Crippen LogP contribution in [0.15, 0.2) is 5.11 Å². The monoisotopic (exact) mass is 335 g/mol. The fraction of sp³-hybridized carbons (Fsp3) is 0.909. The maximum atomic E-state index is 11.5. The predicted molar refractivity (Wildman–Crippen MR) is 82.4 cm³/mol. The third kappa shape index (κ3) is 9.55. The van der Waals surface area contributed by atoms with Crippen LogP contribution in [0.2, 0.25) is 6.04 Å². The first-order chi connectivity index (χ1) is 10.6. The van der Waals surface area contributed by atoms with Crippen molar-refractivity contribution in [1.82, 2.24) is 10.6 Å². The van der Waals surface area contributed by atoms with E-state index in [0.29, 0.717) is 38.8 Å². The van der Waals surface area contributed by atoms with Crippen LogP contribution in [0.4, 0.5) is 4.79 Å². The molecule has 0 heterocycles. The van der Waals surface area contributed by atoms with Gasteiger partial charge >= 0.3 is 14.8 Å². The highest BCUT2D eigenvalue weighted by Crippen LogP contribution is 2.14.